The van der Waals surface area contributed by atoms with Gasteiger partial charge in [-0.2, -0.15) is 0 Å². The maximum Gasteiger partial charge on any atom is 0.0101 e. The monoisotopic (exact) mass is 348 g/mol. The Balaban J connectivity index is 1.22. The summed E-state index contributed by atoms with van der Waals surface area (Å²) in [4.78, 5) is 0. The lowest BCUT2D eigenvalue weighted by Gasteiger charge is -2.23. The first kappa shape index (κ1) is 17.8. The average molecular weight is 349 g/mol. The Hall–Kier alpha value is -1.64. The normalized spacial score (nSPS) is 24.4. The van der Waals surface area contributed by atoms with Gasteiger partial charge in [-0.05, 0) is 55.2 Å². The van der Waals surface area contributed by atoms with Crippen molar-refractivity contribution in [2.45, 2.75) is 44.1 Å². The molecule has 0 unspecified atom stereocenters. The summed E-state index contributed by atoms with van der Waals surface area (Å²) in [5.74, 6) is 2.48. The van der Waals surface area contributed by atoms with Crippen LogP contribution in [0.5, 0.6) is 0 Å². The maximum absolute atomic E-state index is 3.80. The van der Waals surface area contributed by atoms with Crippen molar-refractivity contribution in [3.63, 3.8) is 0 Å². The molecule has 138 valence electrons. The quantitative estimate of drug-likeness (QED) is 0.648. The lowest BCUT2D eigenvalue weighted by molar-refractivity contribution is 0.351. The molecule has 0 spiro atoms. The minimum Gasteiger partial charge on any atom is -0.315 e. The molecule has 2 nitrogen and oxygen atoms in total. The first-order chi connectivity index (χ1) is 12.9. The van der Waals surface area contributed by atoms with Gasteiger partial charge in [-0.1, -0.05) is 67.1 Å². The SMILES string of the molecule is c1ccc(C(CCNCCN[C@H]2C[C@@H]3CC[C@H]2C3)c2ccccc2)cc1. The highest BCUT2D eigenvalue weighted by atomic mass is 15.0. The van der Waals surface area contributed by atoms with Crippen LogP contribution in [0.3, 0.4) is 0 Å². The van der Waals surface area contributed by atoms with Crippen molar-refractivity contribution in [2.24, 2.45) is 11.8 Å². The van der Waals surface area contributed by atoms with Gasteiger partial charge in [0.2, 0.25) is 0 Å². The Kier molecular flexibility index (Phi) is 6.03. The Morgan fingerprint density at radius 3 is 2.04 bits per heavy atom. The van der Waals surface area contributed by atoms with Crippen LogP contribution in [0.2, 0.25) is 0 Å². The van der Waals surface area contributed by atoms with Crippen molar-refractivity contribution >= 4 is 0 Å². The fourth-order valence-electron chi connectivity index (χ4n) is 5.11. The summed E-state index contributed by atoms with van der Waals surface area (Å²) in [6.07, 6.45) is 7.00. The highest BCUT2D eigenvalue weighted by Gasteiger charge is 2.38. The number of fused-ring (bicyclic) bond motifs is 2. The van der Waals surface area contributed by atoms with Gasteiger partial charge < -0.3 is 10.6 Å². The molecule has 2 saturated carbocycles. The van der Waals surface area contributed by atoms with E-state index in [9.17, 15) is 0 Å². The molecule has 2 N–H and O–H groups in total. The van der Waals surface area contributed by atoms with Gasteiger partial charge in [-0.3, -0.25) is 0 Å². The van der Waals surface area contributed by atoms with Gasteiger partial charge in [-0.25, -0.2) is 0 Å². The van der Waals surface area contributed by atoms with E-state index in [1.165, 1.54) is 36.8 Å². The smallest absolute Gasteiger partial charge is 0.0101 e. The number of hydrogen-bond donors (Lipinski definition) is 2. The minimum absolute atomic E-state index is 0.475. The fourth-order valence-corrected chi connectivity index (χ4v) is 5.11. The molecule has 0 aromatic heterocycles. The lowest BCUT2D eigenvalue weighted by Crippen LogP contribution is -2.38. The van der Waals surface area contributed by atoms with Gasteiger partial charge in [0.1, 0.15) is 0 Å². The molecule has 2 aliphatic rings. The first-order valence-electron chi connectivity index (χ1n) is 10.4. The van der Waals surface area contributed by atoms with Crippen LogP contribution in [0.25, 0.3) is 0 Å². The van der Waals surface area contributed by atoms with Crippen molar-refractivity contribution in [1.29, 1.82) is 0 Å². The third-order valence-electron chi connectivity index (χ3n) is 6.46. The number of nitrogens with one attached hydrogen (secondary N) is 2. The van der Waals surface area contributed by atoms with E-state index in [-0.39, 0.29) is 0 Å². The highest BCUT2D eigenvalue weighted by Crippen LogP contribution is 2.44. The predicted octanol–water partition coefficient (Wildman–Crippen LogP) is 4.58. The Bertz CT molecular complexity index is 615. The molecule has 3 atom stereocenters. The number of benzene rings is 2. The molecule has 2 fully saturated rings. The van der Waals surface area contributed by atoms with E-state index in [1.54, 1.807) is 0 Å². The van der Waals surface area contributed by atoms with E-state index >= 15 is 0 Å². The van der Waals surface area contributed by atoms with Crippen molar-refractivity contribution in [3.05, 3.63) is 71.8 Å². The van der Waals surface area contributed by atoms with Crippen molar-refractivity contribution in [1.82, 2.24) is 10.6 Å². The number of hydrogen-bond acceptors (Lipinski definition) is 2. The van der Waals surface area contributed by atoms with Crippen molar-refractivity contribution in [2.75, 3.05) is 19.6 Å². The van der Waals surface area contributed by atoms with Crippen LogP contribution in [0, 0.1) is 11.8 Å². The zero-order valence-corrected chi connectivity index (χ0v) is 15.7. The summed E-state index contributed by atoms with van der Waals surface area (Å²) in [6.45, 7) is 3.24. The third-order valence-corrected chi connectivity index (χ3v) is 6.46. The van der Waals surface area contributed by atoms with E-state index in [0.29, 0.717) is 5.92 Å². The first-order valence-corrected chi connectivity index (χ1v) is 10.4. The summed E-state index contributed by atoms with van der Waals surface area (Å²) < 4.78 is 0. The topological polar surface area (TPSA) is 24.1 Å². The van der Waals surface area contributed by atoms with E-state index in [2.05, 4.69) is 71.3 Å². The van der Waals surface area contributed by atoms with Gasteiger partial charge in [0.25, 0.3) is 0 Å². The molecular weight excluding hydrogens is 316 g/mol. The Morgan fingerprint density at radius 2 is 1.46 bits per heavy atom. The van der Waals surface area contributed by atoms with Crippen LogP contribution in [-0.2, 0) is 0 Å². The molecule has 2 aromatic carbocycles. The second-order valence-corrected chi connectivity index (χ2v) is 8.15. The average Bonchev–Trinajstić information content (AvgIpc) is 3.32. The van der Waals surface area contributed by atoms with Crippen LogP contribution in [-0.4, -0.2) is 25.7 Å². The summed E-state index contributed by atoms with van der Waals surface area (Å²) in [6, 6.07) is 22.6. The molecule has 2 heteroatoms. The van der Waals surface area contributed by atoms with E-state index in [4.69, 9.17) is 0 Å². The molecule has 0 aliphatic heterocycles. The molecule has 0 heterocycles. The van der Waals surface area contributed by atoms with Gasteiger partial charge >= 0.3 is 0 Å². The molecule has 0 radical (unpaired) electrons. The lowest BCUT2D eigenvalue weighted by atomic mass is 9.88. The van der Waals surface area contributed by atoms with Crippen LogP contribution < -0.4 is 10.6 Å². The third kappa shape index (κ3) is 4.36. The standard InChI is InChI=1S/C24H32N2/c1-3-7-20(8-4-1)23(21-9-5-2-6-10-21)13-14-25-15-16-26-24-18-19-11-12-22(24)17-19/h1-10,19,22-26H,11-18H2/t19-,22+,24+/m1/s1. The number of rotatable bonds is 9. The summed E-state index contributed by atoms with van der Waals surface area (Å²) in [5.41, 5.74) is 2.83. The largest absolute Gasteiger partial charge is 0.315 e. The van der Waals surface area contributed by atoms with Gasteiger partial charge in [-0.15, -0.1) is 0 Å². The zero-order chi connectivity index (χ0) is 17.6. The maximum atomic E-state index is 3.80. The zero-order valence-electron chi connectivity index (χ0n) is 15.7. The predicted molar refractivity (Wildman–Crippen MR) is 109 cm³/mol. The van der Waals surface area contributed by atoms with Crippen molar-refractivity contribution in [3.8, 4) is 0 Å². The molecule has 4 rings (SSSR count). The molecule has 0 amide bonds. The summed E-state index contributed by atoms with van der Waals surface area (Å²) in [7, 11) is 0. The fraction of sp³-hybridized carbons (Fsp3) is 0.500. The second kappa shape index (κ2) is 8.83. The van der Waals surface area contributed by atoms with E-state index in [1.807, 2.05) is 0 Å². The Morgan fingerprint density at radius 1 is 0.769 bits per heavy atom. The molecular formula is C24H32N2. The van der Waals surface area contributed by atoms with E-state index in [0.717, 1.165) is 43.9 Å². The van der Waals surface area contributed by atoms with Gasteiger partial charge in [0.15, 0.2) is 0 Å². The Labute approximate surface area is 158 Å². The highest BCUT2D eigenvalue weighted by molar-refractivity contribution is 5.32. The molecule has 26 heavy (non-hydrogen) atoms. The molecule has 2 aliphatic carbocycles. The van der Waals surface area contributed by atoms with Gasteiger partial charge in [0, 0.05) is 25.0 Å². The van der Waals surface area contributed by atoms with Crippen LogP contribution in [0.4, 0.5) is 0 Å². The van der Waals surface area contributed by atoms with Gasteiger partial charge in [0.05, 0.1) is 0 Å². The minimum atomic E-state index is 0.475. The molecule has 0 saturated heterocycles. The second-order valence-electron chi connectivity index (χ2n) is 8.15. The summed E-state index contributed by atoms with van der Waals surface area (Å²) in [5, 5.41) is 7.46. The van der Waals surface area contributed by atoms with Crippen LogP contribution in [0.1, 0.15) is 49.1 Å². The molecule has 2 aromatic rings. The van der Waals surface area contributed by atoms with Crippen LogP contribution >= 0.6 is 0 Å². The molecule has 2 bridgehead atoms. The van der Waals surface area contributed by atoms with Crippen molar-refractivity contribution < 1.29 is 0 Å². The van der Waals surface area contributed by atoms with Crippen LogP contribution in [0.15, 0.2) is 60.7 Å². The summed E-state index contributed by atoms with van der Waals surface area (Å²) >= 11 is 0. The van der Waals surface area contributed by atoms with E-state index < -0.39 is 0 Å².